The molecule has 1 saturated carbocycles. The van der Waals surface area contributed by atoms with Gasteiger partial charge in [-0.2, -0.15) is 0 Å². The first-order valence-corrected chi connectivity index (χ1v) is 6.54. The van der Waals surface area contributed by atoms with E-state index < -0.39 is 0 Å². The van der Waals surface area contributed by atoms with Crippen LogP contribution in [-0.2, 0) is 6.42 Å². The molecule has 1 aromatic rings. The minimum absolute atomic E-state index is 0.153. The molecule has 1 fully saturated rings. The van der Waals surface area contributed by atoms with E-state index in [0.717, 1.165) is 31.4 Å². The van der Waals surface area contributed by atoms with Crippen LogP contribution in [0.5, 0.6) is 5.75 Å². The van der Waals surface area contributed by atoms with Gasteiger partial charge in [-0.25, -0.2) is 4.79 Å². The zero-order valence-corrected chi connectivity index (χ0v) is 10.7. The molecular weight excluding hydrogens is 228 g/mol. The van der Waals surface area contributed by atoms with E-state index in [1.54, 1.807) is 0 Å². The lowest BCUT2D eigenvalue weighted by Gasteiger charge is -2.09. The van der Waals surface area contributed by atoms with Crippen LogP contribution in [0.3, 0.4) is 0 Å². The van der Waals surface area contributed by atoms with Gasteiger partial charge in [-0.15, -0.1) is 0 Å². The van der Waals surface area contributed by atoms with E-state index in [1.807, 2.05) is 12.1 Å². The van der Waals surface area contributed by atoms with Crippen LogP contribution in [0.1, 0.15) is 31.7 Å². The summed E-state index contributed by atoms with van der Waals surface area (Å²) in [6, 6.07) is 8.21. The molecule has 2 N–H and O–H groups in total. The van der Waals surface area contributed by atoms with Crippen LogP contribution in [0.15, 0.2) is 24.3 Å². The van der Waals surface area contributed by atoms with Crippen molar-refractivity contribution < 1.29 is 9.53 Å². The Morgan fingerprint density at radius 3 is 2.67 bits per heavy atom. The van der Waals surface area contributed by atoms with E-state index in [1.165, 1.54) is 5.56 Å². The van der Waals surface area contributed by atoms with Crippen LogP contribution in [0.4, 0.5) is 4.79 Å². The van der Waals surface area contributed by atoms with Gasteiger partial charge in [0.15, 0.2) is 6.73 Å². The van der Waals surface area contributed by atoms with Gasteiger partial charge in [0.25, 0.3) is 0 Å². The molecule has 1 aliphatic rings. The Labute approximate surface area is 108 Å². The predicted molar refractivity (Wildman–Crippen MR) is 70.6 cm³/mol. The van der Waals surface area contributed by atoms with Crippen molar-refractivity contribution >= 4 is 6.03 Å². The summed E-state index contributed by atoms with van der Waals surface area (Å²) >= 11 is 0. The van der Waals surface area contributed by atoms with Crippen molar-refractivity contribution in [3.8, 4) is 5.75 Å². The second kappa shape index (κ2) is 6.28. The van der Waals surface area contributed by atoms with Gasteiger partial charge < -0.3 is 15.4 Å². The van der Waals surface area contributed by atoms with Crippen LogP contribution >= 0.6 is 0 Å². The second-order valence-corrected chi connectivity index (χ2v) is 4.61. The zero-order chi connectivity index (χ0) is 12.8. The predicted octanol–water partition coefficient (Wildman–Crippen LogP) is 2.44. The molecule has 0 atom stereocenters. The van der Waals surface area contributed by atoms with Crippen LogP contribution in [-0.4, -0.2) is 18.8 Å². The number of amides is 2. The first kappa shape index (κ1) is 12.7. The minimum atomic E-state index is -0.153. The normalized spacial score (nSPS) is 14.1. The fraction of sp³-hybridized carbons (Fsp3) is 0.500. The molecule has 0 unspecified atom stereocenters. The minimum Gasteiger partial charge on any atom is -0.473 e. The van der Waals surface area contributed by atoms with E-state index >= 15 is 0 Å². The molecule has 0 radical (unpaired) electrons. The topological polar surface area (TPSA) is 50.4 Å². The third kappa shape index (κ3) is 4.28. The third-order valence-electron chi connectivity index (χ3n) is 2.85. The lowest BCUT2D eigenvalue weighted by atomic mass is 10.1. The highest BCUT2D eigenvalue weighted by Gasteiger charge is 2.22. The Balaban J connectivity index is 1.67. The number of hydrogen-bond acceptors (Lipinski definition) is 2. The molecule has 0 heterocycles. The maximum Gasteiger partial charge on any atom is 0.317 e. The van der Waals surface area contributed by atoms with Crippen LogP contribution < -0.4 is 15.4 Å². The van der Waals surface area contributed by atoms with Crippen molar-refractivity contribution in [2.24, 2.45) is 0 Å². The Bertz CT molecular complexity index is 385. The van der Waals surface area contributed by atoms with Crippen molar-refractivity contribution in [2.45, 2.75) is 38.6 Å². The van der Waals surface area contributed by atoms with Crippen molar-refractivity contribution in [2.75, 3.05) is 6.73 Å². The van der Waals surface area contributed by atoms with Gasteiger partial charge in [-0.1, -0.05) is 25.5 Å². The first-order chi connectivity index (χ1) is 8.78. The van der Waals surface area contributed by atoms with Gasteiger partial charge >= 0.3 is 6.03 Å². The van der Waals surface area contributed by atoms with Crippen LogP contribution in [0.2, 0.25) is 0 Å². The summed E-state index contributed by atoms with van der Waals surface area (Å²) in [6.45, 7) is 2.36. The van der Waals surface area contributed by atoms with Gasteiger partial charge in [0.05, 0.1) is 0 Å². The summed E-state index contributed by atoms with van der Waals surface area (Å²) in [5.41, 5.74) is 1.31. The molecule has 0 aromatic heterocycles. The van der Waals surface area contributed by atoms with Gasteiger partial charge in [0, 0.05) is 6.04 Å². The zero-order valence-electron chi connectivity index (χ0n) is 10.7. The number of aryl methyl sites for hydroxylation is 1. The van der Waals surface area contributed by atoms with Crippen LogP contribution in [0.25, 0.3) is 0 Å². The Morgan fingerprint density at radius 1 is 1.33 bits per heavy atom. The summed E-state index contributed by atoms with van der Waals surface area (Å²) in [6.07, 6.45) is 4.41. The Hall–Kier alpha value is -1.71. The standard InChI is InChI=1S/C14H20N2O2/c1-2-3-11-4-8-13(9-5-11)18-10-15-14(17)16-12-6-7-12/h4-5,8-9,12H,2-3,6-7,10H2,1H3,(H2,15,16,17). The summed E-state index contributed by atoms with van der Waals surface area (Å²) in [4.78, 5) is 11.3. The fourth-order valence-electron chi connectivity index (χ4n) is 1.69. The molecular formula is C14H20N2O2. The SMILES string of the molecule is CCCc1ccc(OCNC(=O)NC2CC2)cc1. The summed E-state index contributed by atoms with van der Waals surface area (Å²) in [5.74, 6) is 0.779. The Kier molecular flexibility index (Phi) is 4.45. The van der Waals surface area contributed by atoms with E-state index in [4.69, 9.17) is 4.74 Å². The largest absolute Gasteiger partial charge is 0.473 e. The highest BCUT2D eigenvalue weighted by molar-refractivity contribution is 5.74. The van der Waals surface area contributed by atoms with E-state index in [9.17, 15) is 4.79 Å². The molecule has 2 amide bonds. The lowest BCUT2D eigenvalue weighted by molar-refractivity contribution is 0.223. The molecule has 98 valence electrons. The number of rotatable bonds is 6. The van der Waals surface area contributed by atoms with Gasteiger partial charge in [-0.3, -0.25) is 0 Å². The number of carbonyl (C=O) groups excluding carboxylic acids is 1. The molecule has 18 heavy (non-hydrogen) atoms. The van der Waals surface area contributed by atoms with Crippen LogP contribution in [0, 0.1) is 0 Å². The maximum atomic E-state index is 11.3. The number of hydrogen-bond donors (Lipinski definition) is 2. The highest BCUT2D eigenvalue weighted by Crippen LogP contribution is 2.18. The van der Waals surface area contributed by atoms with E-state index in [0.29, 0.717) is 6.04 Å². The van der Waals surface area contributed by atoms with Gasteiger partial charge in [-0.05, 0) is 37.0 Å². The molecule has 1 aliphatic carbocycles. The average Bonchev–Trinajstić information content (AvgIpc) is 3.16. The van der Waals surface area contributed by atoms with Crippen molar-refractivity contribution in [1.29, 1.82) is 0 Å². The first-order valence-electron chi connectivity index (χ1n) is 6.54. The number of urea groups is 1. The number of nitrogens with one attached hydrogen (secondary N) is 2. The summed E-state index contributed by atoms with van der Waals surface area (Å²) < 4.78 is 5.44. The Morgan fingerprint density at radius 2 is 2.06 bits per heavy atom. The number of ether oxygens (including phenoxy) is 1. The molecule has 0 bridgehead atoms. The average molecular weight is 248 g/mol. The van der Waals surface area contributed by atoms with Crippen molar-refractivity contribution in [3.05, 3.63) is 29.8 Å². The monoisotopic (exact) mass is 248 g/mol. The smallest absolute Gasteiger partial charge is 0.317 e. The molecule has 0 spiro atoms. The lowest BCUT2D eigenvalue weighted by Crippen LogP contribution is -2.38. The molecule has 1 aromatic carbocycles. The second-order valence-electron chi connectivity index (χ2n) is 4.61. The number of carbonyl (C=O) groups is 1. The summed E-state index contributed by atoms with van der Waals surface area (Å²) in [5, 5.41) is 5.51. The molecule has 4 heteroatoms. The van der Waals surface area contributed by atoms with E-state index in [2.05, 4.69) is 29.7 Å². The highest BCUT2D eigenvalue weighted by atomic mass is 16.5. The summed E-state index contributed by atoms with van der Waals surface area (Å²) in [7, 11) is 0. The van der Waals surface area contributed by atoms with Gasteiger partial charge in [0.2, 0.25) is 0 Å². The quantitative estimate of drug-likeness (QED) is 0.760. The van der Waals surface area contributed by atoms with Crippen molar-refractivity contribution in [3.63, 3.8) is 0 Å². The third-order valence-corrected chi connectivity index (χ3v) is 2.85. The number of benzene rings is 1. The molecule has 2 rings (SSSR count). The van der Waals surface area contributed by atoms with Gasteiger partial charge in [0.1, 0.15) is 5.75 Å². The maximum absolute atomic E-state index is 11.3. The van der Waals surface area contributed by atoms with Crippen molar-refractivity contribution in [1.82, 2.24) is 10.6 Å². The molecule has 0 aliphatic heterocycles. The van der Waals surface area contributed by atoms with E-state index in [-0.39, 0.29) is 12.8 Å². The molecule has 0 saturated heterocycles. The molecule has 4 nitrogen and oxygen atoms in total. The fourth-order valence-corrected chi connectivity index (χ4v) is 1.69.